The van der Waals surface area contributed by atoms with Gasteiger partial charge in [-0.3, -0.25) is 14.5 Å². The van der Waals surface area contributed by atoms with Crippen LogP contribution in [0.3, 0.4) is 0 Å². The number of hydrogen-bond donors (Lipinski definition) is 2. The van der Waals surface area contributed by atoms with Gasteiger partial charge in [-0.1, -0.05) is 18.2 Å². The fraction of sp³-hybridized carbons (Fsp3) is 0.609. The molecule has 5 rings (SSSR count). The minimum Gasteiger partial charge on any atom is -0.480 e. The van der Waals surface area contributed by atoms with E-state index in [0.717, 1.165) is 17.9 Å². The van der Waals surface area contributed by atoms with Crippen LogP contribution in [0.2, 0.25) is 0 Å². The van der Waals surface area contributed by atoms with Crippen LogP contribution in [0.1, 0.15) is 18.4 Å². The second-order valence-electron chi connectivity index (χ2n) is 9.41. The number of rotatable bonds is 4. The number of carbonyl (C=O) groups is 3. The number of carboxylic acid groups (broad SMARTS) is 1. The van der Waals surface area contributed by atoms with Gasteiger partial charge in [0.1, 0.15) is 17.4 Å². The molecule has 0 aromatic heterocycles. The van der Waals surface area contributed by atoms with Gasteiger partial charge in [0.25, 0.3) is 5.91 Å². The maximum Gasteiger partial charge on any atom is 0.490 e. The van der Waals surface area contributed by atoms with Gasteiger partial charge in [0.2, 0.25) is 5.91 Å². The number of hydrogen-bond acceptors (Lipinski definition) is 6. The molecule has 1 saturated carbocycles. The molecule has 1 spiro atoms. The molecule has 2 amide bonds. The van der Waals surface area contributed by atoms with E-state index in [1.807, 2.05) is 29.2 Å². The van der Waals surface area contributed by atoms with Crippen molar-refractivity contribution in [1.29, 1.82) is 0 Å². The molecular formula is C23H28F3N3O6. The van der Waals surface area contributed by atoms with Crippen molar-refractivity contribution in [1.82, 2.24) is 15.1 Å². The van der Waals surface area contributed by atoms with E-state index in [9.17, 15) is 22.8 Å². The van der Waals surface area contributed by atoms with E-state index >= 15 is 0 Å². The number of aliphatic carboxylic acids is 1. The molecule has 2 saturated heterocycles. The molecule has 9 nitrogen and oxygen atoms in total. The molecule has 2 N–H and O–H groups in total. The summed E-state index contributed by atoms with van der Waals surface area (Å²) in [5.74, 6) is -1.19. The Labute approximate surface area is 200 Å². The third kappa shape index (κ3) is 5.69. The van der Waals surface area contributed by atoms with Crippen LogP contribution >= 0.6 is 0 Å². The number of ether oxygens (including phenoxy) is 2. The van der Waals surface area contributed by atoms with Gasteiger partial charge in [-0.2, -0.15) is 13.2 Å². The van der Waals surface area contributed by atoms with Crippen LogP contribution in [0, 0.1) is 5.92 Å². The molecule has 12 heteroatoms. The van der Waals surface area contributed by atoms with Crippen molar-refractivity contribution in [3.63, 3.8) is 0 Å². The van der Waals surface area contributed by atoms with Crippen molar-refractivity contribution < 1.29 is 42.1 Å². The molecule has 4 aliphatic rings. The van der Waals surface area contributed by atoms with Crippen LogP contribution in [0.5, 0.6) is 5.75 Å². The number of likely N-dealkylation sites (N-methyl/N-ethyl adjacent to an activating group) is 1. The number of carboxylic acids is 1. The van der Waals surface area contributed by atoms with E-state index in [-0.39, 0.29) is 23.5 Å². The fourth-order valence-electron chi connectivity index (χ4n) is 4.64. The number of alkyl halides is 3. The predicted molar refractivity (Wildman–Crippen MR) is 116 cm³/mol. The number of halogens is 3. The number of para-hydroxylation sites is 1. The predicted octanol–water partition coefficient (Wildman–Crippen LogP) is 1.06. The average molecular weight is 499 g/mol. The second kappa shape index (κ2) is 9.65. The van der Waals surface area contributed by atoms with Crippen LogP contribution in [0.4, 0.5) is 13.2 Å². The fourth-order valence-corrected chi connectivity index (χ4v) is 4.64. The first-order valence-corrected chi connectivity index (χ1v) is 11.4. The highest BCUT2D eigenvalue weighted by Gasteiger charge is 2.53. The van der Waals surface area contributed by atoms with Crippen LogP contribution in [0.25, 0.3) is 0 Å². The zero-order valence-electron chi connectivity index (χ0n) is 19.2. The Bertz CT molecular complexity index is 952. The normalized spacial score (nSPS) is 25.0. The Morgan fingerprint density at radius 1 is 1.17 bits per heavy atom. The van der Waals surface area contributed by atoms with Gasteiger partial charge in [0.05, 0.1) is 19.7 Å². The standard InChI is InChI=1S/C21H27N3O4.C2HF3O2/c1-22-19(25)16-10-27-21(11-23(16)9-14-6-7-14)12-24(13-21)20(26)18-8-15-4-2-3-5-17(15)28-18;3-2(4,5)1(6)7/h2-5,14,16,18H,6-13H2,1H3,(H,22,25);(H,6,7). The van der Waals surface area contributed by atoms with Crippen molar-refractivity contribution in [3.8, 4) is 5.75 Å². The first-order chi connectivity index (χ1) is 16.5. The highest BCUT2D eigenvalue weighted by Crippen LogP contribution is 2.37. The molecule has 2 unspecified atom stereocenters. The SMILES string of the molecule is CNC(=O)C1COC2(CN(C(=O)C3Cc4ccccc4O3)C2)CN1CC1CC1.O=C(O)C(F)(F)F. The van der Waals surface area contributed by atoms with Gasteiger partial charge in [-0.05, 0) is 30.4 Å². The Hall–Kier alpha value is -2.86. The van der Waals surface area contributed by atoms with Crippen LogP contribution in [-0.4, -0.2) is 96.4 Å². The summed E-state index contributed by atoms with van der Waals surface area (Å²) in [7, 11) is 1.67. The minimum absolute atomic E-state index is 0.0138. The van der Waals surface area contributed by atoms with Crippen molar-refractivity contribution in [3.05, 3.63) is 29.8 Å². The lowest BCUT2D eigenvalue weighted by Gasteiger charge is -2.55. The number of amides is 2. The number of morpholine rings is 1. The lowest BCUT2D eigenvalue weighted by molar-refractivity contribution is -0.206. The number of carbonyl (C=O) groups excluding carboxylic acids is 2. The molecule has 1 aliphatic carbocycles. The van der Waals surface area contributed by atoms with Crippen molar-refractivity contribution in [2.75, 3.05) is 39.8 Å². The number of fused-ring (bicyclic) bond motifs is 1. The molecule has 35 heavy (non-hydrogen) atoms. The summed E-state index contributed by atoms with van der Waals surface area (Å²) in [6.45, 7) is 3.18. The molecule has 192 valence electrons. The van der Waals surface area contributed by atoms with Gasteiger partial charge in [0.15, 0.2) is 6.10 Å². The lowest BCUT2D eigenvalue weighted by Crippen LogP contribution is -2.74. The maximum atomic E-state index is 12.9. The minimum atomic E-state index is -5.08. The van der Waals surface area contributed by atoms with Gasteiger partial charge in [0, 0.05) is 26.6 Å². The van der Waals surface area contributed by atoms with Gasteiger partial charge >= 0.3 is 12.1 Å². The van der Waals surface area contributed by atoms with E-state index in [2.05, 4.69) is 10.2 Å². The van der Waals surface area contributed by atoms with Crippen LogP contribution < -0.4 is 10.1 Å². The Morgan fingerprint density at radius 3 is 2.40 bits per heavy atom. The van der Waals surface area contributed by atoms with E-state index < -0.39 is 18.2 Å². The zero-order valence-corrected chi connectivity index (χ0v) is 19.2. The van der Waals surface area contributed by atoms with Crippen molar-refractivity contribution >= 4 is 17.8 Å². The molecule has 3 heterocycles. The smallest absolute Gasteiger partial charge is 0.480 e. The number of nitrogens with one attached hydrogen (secondary N) is 1. The summed E-state index contributed by atoms with van der Waals surface area (Å²) in [6.07, 6.45) is -2.39. The Morgan fingerprint density at radius 2 is 1.83 bits per heavy atom. The van der Waals surface area contributed by atoms with Gasteiger partial charge < -0.3 is 24.8 Å². The third-order valence-corrected chi connectivity index (χ3v) is 6.65. The summed E-state index contributed by atoms with van der Waals surface area (Å²) in [5.41, 5.74) is 0.745. The molecule has 0 radical (unpaired) electrons. The summed E-state index contributed by atoms with van der Waals surface area (Å²) in [6, 6.07) is 7.60. The Balaban J connectivity index is 0.000000364. The lowest BCUT2D eigenvalue weighted by atomic mass is 9.89. The van der Waals surface area contributed by atoms with E-state index in [1.54, 1.807) is 7.05 Å². The van der Waals surface area contributed by atoms with E-state index in [0.29, 0.717) is 38.6 Å². The number of likely N-dealkylation sites (tertiary alicyclic amines) is 1. The number of nitrogens with zero attached hydrogens (tertiary/aromatic N) is 2. The molecule has 1 aromatic rings. The summed E-state index contributed by atoms with van der Waals surface area (Å²) in [5, 5.41) is 9.88. The molecule has 3 fully saturated rings. The van der Waals surface area contributed by atoms with Crippen LogP contribution in [0.15, 0.2) is 24.3 Å². The summed E-state index contributed by atoms with van der Waals surface area (Å²) in [4.78, 5) is 38.1. The second-order valence-corrected chi connectivity index (χ2v) is 9.41. The molecule has 1 aromatic carbocycles. The maximum absolute atomic E-state index is 12.9. The number of benzene rings is 1. The van der Waals surface area contributed by atoms with Gasteiger partial charge in [-0.15, -0.1) is 0 Å². The topological polar surface area (TPSA) is 108 Å². The first kappa shape index (κ1) is 25.2. The Kier molecular flexibility index (Phi) is 6.96. The molecular weight excluding hydrogens is 471 g/mol. The van der Waals surface area contributed by atoms with Gasteiger partial charge in [-0.25, -0.2) is 4.79 Å². The third-order valence-electron chi connectivity index (χ3n) is 6.65. The highest BCUT2D eigenvalue weighted by atomic mass is 19.4. The van der Waals surface area contributed by atoms with Crippen molar-refractivity contribution in [2.45, 2.75) is 43.2 Å². The largest absolute Gasteiger partial charge is 0.490 e. The molecule has 2 atom stereocenters. The van der Waals surface area contributed by atoms with E-state index in [4.69, 9.17) is 19.4 Å². The summed E-state index contributed by atoms with van der Waals surface area (Å²) < 4.78 is 43.7. The van der Waals surface area contributed by atoms with E-state index in [1.165, 1.54) is 12.8 Å². The summed E-state index contributed by atoms with van der Waals surface area (Å²) >= 11 is 0. The quantitative estimate of drug-likeness (QED) is 0.638. The first-order valence-electron chi connectivity index (χ1n) is 11.4. The highest BCUT2D eigenvalue weighted by molar-refractivity contribution is 5.84. The zero-order chi connectivity index (χ0) is 25.4. The van der Waals surface area contributed by atoms with Crippen LogP contribution in [-0.2, 0) is 25.5 Å². The monoisotopic (exact) mass is 499 g/mol. The van der Waals surface area contributed by atoms with Crippen molar-refractivity contribution in [2.24, 2.45) is 5.92 Å². The molecule has 0 bridgehead atoms. The average Bonchev–Trinajstić information content (AvgIpc) is 3.50. The molecule has 3 aliphatic heterocycles.